The molecule has 9 heteroatoms. The quantitative estimate of drug-likeness (QED) is 0.874. The molecule has 2 amide bonds. The summed E-state index contributed by atoms with van der Waals surface area (Å²) in [6, 6.07) is 1.89. The van der Waals surface area contributed by atoms with E-state index in [1.165, 1.54) is 11.0 Å². The zero-order valence-corrected chi connectivity index (χ0v) is 15.1. The first-order valence-electron chi connectivity index (χ1n) is 8.20. The van der Waals surface area contributed by atoms with Crippen LogP contribution in [0, 0.1) is 11.6 Å². The van der Waals surface area contributed by atoms with Gasteiger partial charge in [0.05, 0.1) is 5.69 Å². The van der Waals surface area contributed by atoms with Gasteiger partial charge >= 0.3 is 6.09 Å². The zero-order valence-electron chi connectivity index (χ0n) is 15.1. The van der Waals surface area contributed by atoms with Gasteiger partial charge in [0, 0.05) is 38.3 Å². The molecule has 1 heterocycles. The van der Waals surface area contributed by atoms with Crippen LogP contribution in [0.15, 0.2) is 12.1 Å². The van der Waals surface area contributed by atoms with Crippen molar-refractivity contribution in [2.24, 2.45) is 5.73 Å². The fraction of sp³-hybridized carbons (Fsp3) is 0.529. The van der Waals surface area contributed by atoms with Gasteiger partial charge in [-0.1, -0.05) is 0 Å². The third-order valence-corrected chi connectivity index (χ3v) is 3.64. The Bertz CT molecular complexity index is 683. The predicted octanol–water partition coefficient (Wildman–Crippen LogP) is 1.89. The molecular weight excluding hydrogens is 348 g/mol. The predicted molar refractivity (Wildman–Crippen MR) is 91.1 cm³/mol. The summed E-state index contributed by atoms with van der Waals surface area (Å²) in [7, 11) is 0. The minimum atomic E-state index is -0.917. The lowest BCUT2D eigenvalue weighted by Gasteiger charge is -2.36. The lowest BCUT2D eigenvalue weighted by molar-refractivity contribution is -0.120. The van der Waals surface area contributed by atoms with Gasteiger partial charge in [-0.05, 0) is 20.8 Å². The van der Waals surface area contributed by atoms with Gasteiger partial charge in [0.25, 0.3) is 5.91 Å². The maximum Gasteiger partial charge on any atom is 0.410 e. The number of benzene rings is 1. The van der Waals surface area contributed by atoms with E-state index in [9.17, 15) is 18.4 Å². The van der Waals surface area contributed by atoms with Crippen LogP contribution in [-0.4, -0.2) is 55.3 Å². The first-order chi connectivity index (χ1) is 12.1. The molecule has 1 saturated heterocycles. The maximum absolute atomic E-state index is 14.2. The Morgan fingerprint density at radius 3 is 2.27 bits per heavy atom. The molecule has 0 unspecified atom stereocenters. The van der Waals surface area contributed by atoms with Crippen molar-refractivity contribution in [3.05, 3.63) is 23.8 Å². The summed E-state index contributed by atoms with van der Waals surface area (Å²) in [5.74, 6) is -2.68. The Kier molecular flexibility index (Phi) is 5.89. The van der Waals surface area contributed by atoms with Crippen molar-refractivity contribution in [1.29, 1.82) is 0 Å². The van der Waals surface area contributed by atoms with E-state index in [-0.39, 0.29) is 11.4 Å². The van der Waals surface area contributed by atoms with E-state index < -0.39 is 35.8 Å². The van der Waals surface area contributed by atoms with E-state index in [0.29, 0.717) is 32.2 Å². The number of nitrogens with zero attached hydrogens (tertiary/aromatic N) is 2. The molecule has 1 aliphatic heterocycles. The van der Waals surface area contributed by atoms with Crippen LogP contribution in [0.5, 0.6) is 5.75 Å². The van der Waals surface area contributed by atoms with E-state index >= 15 is 0 Å². The summed E-state index contributed by atoms with van der Waals surface area (Å²) in [6.07, 6.45) is -0.429. The second-order valence-electron chi connectivity index (χ2n) is 6.94. The van der Waals surface area contributed by atoms with Crippen molar-refractivity contribution < 1.29 is 27.8 Å². The first kappa shape index (κ1) is 19.7. The average molecular weight is 371 g/mol. The molecule has 2 rings (SSSR count). The van der Waals surface area contributed by atoms with Crippen LogP contribution in [0.4, 0.5) is 19.3 Å². The molecule has 0 aliphatic carbocycles. The smallest absolute Gasteiger partial charge is 0.410 e. The van der Waals surface area contributed by atoms with Crippen molar-refractivity contribution in [3.63, 3.8) is 0 Å². The molecule has 0 atom stereocenters. The maximum atomic E-state index is 14.2. The molecule has 7 nitrogen and oxygen atoms in total. The number of ether oxygens (including phenoxy) is 2. The van der Waals surface area contributed by atoms with E-state index in [0.717, 1.165) is 0 Å². The highest BCUT2D eigenvalue weighted by molar-refractivity contribution is 5.75. The number of hydrogen-bond acceptors (Lipinski definition) is 5. The van der Waals surface area contributed by atoms with Crippen molar-refractivity contribution in [1.82, 2.24) is 4.90 Å². The second kappa shape index (κ2) is 7.76. The number of anilines is 1. The number of piperazine rings is 1. The van der Waals surface area contributed by atoms with Gasteiger partial charge < -0.3 is 25.0 Å². The molecule has 0 bridgehead atoms. The number of carbonyl (C=O) groups is 2. The molecule has 1 aromatic carbocycles. The highest BCUT2D eigenvalue weighted by atomic mass is 19.1. The average Bonchev–Trinajstić information content (AvgIpc) is 2.52. The van der Waals surface area contributed by atoms with Crippen molar-refractivity contribution in [2.75, 3.05) is 37.7 Å². The summed E-state index contributed by atoms with van der Waals surface area (Å²) < 4.78 is 38.2. The van der Waals surface area contributed by atoms with Crippen LogP contribution in [0.1, 0.15) is 20.8 Å². The molecule has 2 N–H and O–H groups in total. The van der Waals surface area contributed by atoms with E-state index in [1.807, 2.05) is 0 Å². The lowest BCUT2D eigenvalue weighted by Crippen LogP contribution is -2.50. The summed E-state index contributed by atoms with van der Waals surface area (Å²) in [5, 5.41) is 0. The Balaban J connectivity index is 2.05. The van der Waals surface area contributed by atoms with Gasteiger partial charge in [0.1, 0.15) is 11.4 Å². The van der Waals surface area contributed by atoms with Crippen LogP contribution in [-0.2, 0) is 9.53 Å². The number of rotatable bonds is 4. The van der Waals surface area contributed by atoms with Crippen LogP contribution in [0.2, 0.25) is 0 Å². The molecule has 0 saturated carbocycles. The summed E-state index contributed by atoms with van der Waals surface area (Å²) in [4.78, 5) is 26.1. The summed E-state index contributed by atoms with van der Waals surface area (Å²) >= 11 is 0. The van der Waals surface area contributed by atoms with Gasteiger partial charge in [-0.3, -0.25) is 4.79 Å². The molecule has 1 aliphatic rings. The fourth-order valence-corrected chi connectivity index (χ4v) is 2.48. The van der Waals surface area contributed by atoms with Crippen molar-refractivity contribution in [2.45, 2.75) is 26.4 Å². The van der Waals surface area contributed by atoms with Gasteiger partial charge in [-0.2, -0.15) is 0 Å². The number of amides is 2. The fourth-order valence-electron chi connectivity index (χ4n) is 2.48. The highest BCUT2D eigenvalue weighted by Crippen LogP contribution is 2.29. The van der Waals surface area contributed by atoms with E-state index in [4.69, 9.17) is 15.2 Å². The van der Waals surface area contributed by atoms with Crippen LogP contribution >= 0.6 is 0 Å². The van der Waals surface area contributed by atoms with Gasteiger partial charge in [0.15, 0.2) is 18.2 Å². The molecule has 1 aromatic rings. The molecule has 1 fully saturated rings. The lowest BCUT2D eigenvalue weighted by atomic mass is 10.2. The second-order valence-corrected chi connectivity index (χ2v) is 6.94. The van der Waals surface area contributed by atoms with Crippen LogP contribution < -0.4 is 15.4 Å². The Morgan fingerprint density at radius 1 is 1.12 bits per heavy atom. The van der Waals surface area contributed by atoms with Crippen molar-refractivity contribution >= 4 is 17.7 Å². The van der Waals surface area contributed by atoms with Crippen LogP contribution in [0.25, 0.3) is 0 Å². The van der Waals surface area contributed by atoms with Gasteiger partial charge in [0.2, 0.25) is 0 Å². The molecular formula is C17H23F2N3O4. The van der Waals surface area contributed by atoms with E-state index in [2.05, 4.69) is 0 Å². The molecule has 26 heavy (non-hydrogen) atoms. The Labute approximate surface area is 150 Å². The minimum Gasteiger partial charge on any atom is -0.481 e. The minimum absolute atomic E-state index is 0.134. The number of halogens is 2. The van der Waals surface area contributed by atoms with Crippen LogP contribution in [0.3, 0.4) is 0 Å². The topological polar surface area (TPSA) is 85.1 Å². The van der Waals surface area contributed by atoms with E-state index in [1.54, 1.807) is 25.7 Å². The largest absolute Gasteiger partial charge is 0.481 e. The number of hydrogen-bond donors (Lipinski definition) is 1. The van der Waals surface area contributed by atoms with Gasteiger partial charge in [-0.25, -0.2) is 13.6 Å². The molecule has 0 aromatic heterocycles. The monoisotopic (exact) mass is 371 g/mol. The van der Waals surface area contributed by atoms with Gasteiger partial charge in [-0.15, -0.1) is 0 Å². The molecule has 0 radical (unpaired) electrons. The summed E-state index contributed by atoms with van der Waals surface area (Å²) in [6.45, 7) is 6.20. The standard InChI is InChI=1S/C17H23F2N3O4/c1-17(2,3)26-16(24)22-6-4-21(5-7-22)13-9-14(25-10-15(20)23)12(19)8-11(13)18/h8-9H,4-7,10H2,1-3H3,(H2,20,23). The Hall–Kier alpha value is -2.58. The molecule has 144 valence electrons. The number of primary amides is 1. The SMILES string of the molecule is CC(C)(C)OC(=O)N1CCN(c2cc(OCC(N)=O)c(F)cc2F)CC1. The Morgan fingerprint density at radius 2 is 1.73 bits per heavy atom. The normalized spacial score (nSPS) is 15.0. The number of nitrogens with two attached hydrogens (primary N) is 1. The number of carbonyl (C=O) groups excluding carboxylic acids is 2. The highest BCUT2D eigenvalue weighted by Gasteiger charge is 2.27. The summed E-state index contributed by atoms with van der Waals surface area (Å²) in [5.41, 5.74) is 4.51. The first-order valence-corrected chi connectivity index (χ1v) is 8.20. The molecule has 0 spiro atoms. The third-order valence-electron chi connectivity index (χ3n) is 3.64. The third kappa shape index (κ3) is 5.21. The van der Waals surface area contributed by atoms with Crippen molar-refractivity contribution in [3.8, 4) is 5.75 Å². The zero-order chi connectivity index (χ0) is 19.5.